The number of ether oxygens (including phenoxy) is 3. The Balaban J connectivity index is 1.17. The average Bonchev–Trinajstić information content (AvgIpc) is 2.95. The number of rotatable bonds is 12. The first kappa shape index (κ1) is 27.1. The fraction of sp³-hybridized carbons (Fsp3) is 0.345. The topological polar surface area (TPSA) is 102 Å². The first-order chi connectivity index (χ1) is 18.5. The summed E-state index contributed by atoms with van der Waals surface area (Å²) in [6, 6.07) is 19.2. The van der Waals surface area contributed by atoms with Crippen LogP contribution in [-0.4, -0.2) is 50.0 Å². The average molecular weight is 519 g/mol. The van der Waals surface area contributed by atoms with Gasteiger partial charge in [-0.05, 0) is 60.7 Å². The van der Waals surface area contributed by atoms with E-state index in [2.05, 4.69) is 15.7 Å². The van der Waals surface area contributed by atoms with E-state index in [0.717, 1.165) is 40.9 Å². The Labute approximate surface area is 223 Å². The SMILES string of the molecule is COC(=O)c1ccc2c(c1)CN(N[C@H](C)COCCCCNC(=O)OCc1ccccc1)c1ncccc1-2. The first-order valence-corrected chi connectivity index (χ1v) is 12.8. The number of benzene rings is 2. The maximum absolute atomic E-state index is 12.0. The van der Waals surface area contributed by atoms with Gasteiger partial charge in [-0.25, -0.2) is 20.0 Å². The molecular weight excluding hydrogens is 484 g/mol. The molecule has 200 valence electrons. The highest BCUT2D eigenvalue weighted by atomic mass is 16.5. The highest BCUT2D eigenvalue weighted by molar-refractivity contribution is 5.91. The van der Waals surface area contributed by atoms with E-state index in [1.165, 1.54) is 7.11 Å². The van der Waals surface area contributed by atoms with Gasteiger partial charge < -0.3 is 19.5 Å². The smallest absolute Gasteiger partial charge is 0.407 e. The Morgan fingerprint density at radius 1 is 1.05 bits per heavy atom. The summed E-state index contributed by atoms with van der Waals surface area (Å²) < 4.78 is 15.9. The summed E-state index contributed by atoms with van der Waals surface area (Å²) in [7, 11) is 1.38. The zero-order valence-electron chi connectivity index (χ0n) is 21.8. The fourth-order valence-electron chi connectivity index (χ4n) is 4.26. The molecule has 38 heavy (non-hydrogen) atoms. The number of hydrogen-bond donors (Lipinski definition) is 2. The number of alkyl carbamates (subject to hydrolysis) is 1. The molecule has 2 aromatic carbocycles. The van der Waals surface area contributed by atoms with Crippen LogP contribution in [0.4, 0.5) is 10.6 Å². The van der Waals surface area contributed by atoms with Gasteiger partial charge in [-0.15, -0.1) is 0 Å². The molecule has 3 aromatic rings. The predicted molar refractivity (Wildman–Crippen MR) is 144 cm³/mol. The second-order valence-corrected chi connectivity index (χ2v) is 9.12. The minimum atomic E-state index is -0.414. The third-order valence-electron chi connectivity index (χ3n) is 6.13. The normalized spacial score (nSPS) is 12.7. The van der Waals surface area contributed by atoms with Crippen LogP contribution in [0.5, 0.6) is 0 Å². The predicted octanol–water partition coefficient (Wildman–Crippen LogP) is 4.47. The largest absolute Gasteiger partial charge is 0.465 e. The first-order valence-electron chi connectivity index (χ1n) is 12.8. The number of nitrogens with zero attached hydrogens (tertiary/aromatic N) is 2. The quantitative estimate of drug-likeness (QED) is 0.268. The van der Waals surface area contributed by atoms with E-state index in [1.807, 2.05) is 66.5 Å². The van der Waals surface area contributed by atoms with Crippen LogP contribution in [0.1, 0.15) is 41.3 Å². The molecule has 9 heteroatoms. The van der Waals surface area contributed by atoms with Crippen LogP contribution in [0.3, 0.4) is 0 Å². The molecule has 2 N–H and O–H groups in total. The molecule has 0 aliphatic carbocycles. The molecule has 1 amide bonds. The third-order valence-corrected chi connectivity index (χ3v) is 6.13. The van der Waals surface area contributed by atoms with E-state index < -0.39 is 6.09 Å². The van der Waals surface area contributed by atoms with Crippen molar-refractivity contribution in [1.29, 1.82) is 0 Å². The van der Waals surface area contributed by atoms with Crippen molar-refractivity contribution in [1.82, 2.24) is 15.7 Å². The van der Waals surface area contributed by atoms with Crippen LogP contribution >= 0.6 is 0 Å². The Hall–Kier alpha value is -3.95. The lowest BCUT2D eigenvalue weighted by Gasteiger charge is -2.34. The summed E-state index contributed by atoms with van der Waals surface area (Å²) in [5.74, 6) is 0.480. The van der Waals surface area contributed by atoms with Gasteiger partial charge in [0.1, 0.15) is 6.61 Å². The number of aromatic nitrogens is 1. The van der Waals surface area contributed by atoms with Crippen LogP contribution in [0.2, 0.25) is 0 Å². The van der Waals surface area contributed by atoms with Gasteiger partial charge in [0.05, 0.1) is 25.8 Å². The number of amides is 1. The molecular formula is C29H34N4O5. The number of methoxy groups -OCH3 is 1. The number of fused-ring (bicyclic) bond motifs is 3. The molecule has 0 unspecified atom stereocenters. The lowest BCUT2D eigenvalue weighted by Crippen LogP contribution is -2.47. The Morgan fingerprint density at radius 3 is 2.71 bits per heavy atom. The van der Waals surface area contributed by atoms with Gasteiger partial charge in [0.15, 0.2) is 5.82 Å². The van der Waals surface area contributed by atoms with Crippen LogP contribution in [-0.2, 0) is 27.4 Å². The van der Waals surface area contributed by atoms with Crippen molar-refractivity contribution in [3.63, 3.8) is 0 Å². The van der Waals surface area contributed by atoms with Gasteiger partial charge in [-0.1, -0.05) is 36.4 Å². The molecule has 4 rings (SSSR count). The summed E-state index contributed by atoms with van der Waals surface area (Å²) in [6.07, 6.45) is 2.98. The summed E-state index contributed by atoms with van der Waals surface area (Å²) in [5, 5.41) is 4.77. The van der Waals surface area contributed by atoms with Crippen LogP contribution in [0, 0.1) is 0 Å². The molecule has 1 aliphatic heterocycles. The minimum absolute atomic E-state index is 0.0290. The van der Waals surface area contributed by atoms with Crippen LogP contribution in [0.25, 0.3) is 11.1 Å². The Kier molecular flexibility index (Phi) is 9.66. The molecule has 2 heterocycles. The van der Waals surface area contributed by atoms with Gasteiger partial charge in [0.2, 0.25) is 0 Å². The molecule has 0 radical (unpaired) electrons. The van der Waals surface area contributed by atoms with Crippen molar-refractivity contribution in [2.45, 2.75) is 39.0 Å². The van der Waals surface area contributed by atoms with Crippen LogP contribution in [0.15, 0.2) is 66.9 Å². The summed E-state index contributed by atoms with van der Waals surface area (Å²) >= 11 is 0. The molecule has 0 fully saturated rings. The van der Waals surface area contributed by atoms with Crippen molar-refractivity contribution < 1.29 is 23.8 Å². The number of carbonyl (C=O) groups is 2. The monoisotopic (exact) mass is 518 g/mol. The summed E-state index contributed by atoms with van der Waals surface area (Å²) in [6.45, 7) is 4.50. The number of unbranched alkanes of at least 4 members (excludes halogenated alkanes) is 1. The summed E-state index contributed by atoms with van der Waals surface area (Å²) in [4.78, 5) is 28.4. The highest BCUT2D eigenvalue weighted by Gasteiger charge is 2.25. The van der Waals surface area contributed by atoms with Crippen molar-refractivity contribution in [3.05, 3.63) is 83.6 Å². The molecule has 1 atom stereocenters. The van der Waals surface area contributed by atoms with E-state index in [1.54, 1.807) is 12.3 Å². The molecule has 0 saturated heterocycles. The molecule has 1 aromatic heterocycles. The van der Waals surface area contributed by atoms with E-state index in [9.17, 15) is 9.59 Å². The summed E-state index contributed by atoms with van der Waals surface area (Å²) in [5.41, 5.74) is 8.03. The van der Waals surface area contributed by atoms with E-state index >= 15 is 0 Å². The lowest BCUT2D eigenvalue weighted by atomic mass is 9.94. The van der Waals surface area contributed by atoms with Gasteiger partial charge in [0, 0.05) is 31.0 Å². The maximum atomic E-state index is 12.0. The van der Waals surface area contributed by atoms with Gasteiger partial charge in [0.25, 0.3) is 0 Å². The van der Waals surface area contributed by atoms with Crippen molar-refractivity contribution in [2.75, 3.05) is 31.9 Å². The number of pyridine rings is 1. The number of nitrogens with one attached hydrogen (secondary N) is 2. The zero-order chi connectivity index (χ0) is 26.7. The van der Waals surface area contributed by atoms with Gasteiger partial charge in [-0.2, -0.15) is 0 Å². The van der Waals surface area contributed by atoms with Crippen LogP contribution < -0.4 is 15.8 Å². The molecule has 0 spiro atoms. The van der Waals surface area contributed by atoms with Gasteiger partial charge in [-0.3, -0.25) is 5.01 Å². The molecule has 0 bridgehead atoms. The maximum Gasteiger partial charge on any atom is 0.407 e. The molecule has 9 nitrogen and oxygen atoms in total. The van der Waals surface area contributed by atoms with E-state index in [0.29, 0.717) is 31.9 Å². The molecule has 1 aliphatic rings. The van der Waals surface area contributed by atoms with E-state index in [-0.39, 0.29) is 18.6 Å². The van der Waals surface area contributed by atoms with Crippen molar-refractivity contribution in [2.24, 2.45) is 0 Å². The standard InChI is InChI=1S/C29H34N4O5/c1-21(19-37-16-7-6-14-31-29(35)38-20-22-9-4-3-5-10-22)32-33-18-24-17-23(28(34)36-2)12-13-25(24)26-11-8-15-30-27(26)33/h3-5,8-13,15,17,21,32H,6-7,14,16,18-20H2,1-2H3,(H,31,35)/t21-/m1/s1. The second kappa shape index (κ2) is 13.6. The number of hydrogen-bond acceptors (Lipinski definition) is 8. The second-order valence-electron chi connectivity index (χ2n) is 9.12. The third kappa shape index (κ3) is 7.30. The number of carbonyl (C=O) groups excluding carboxylic acids is 2. The Morgan fingerprint density at radius 2 is 1.89 bits per heavy atom. The minimum Gasteiger partial charge on any atom is -0.465 e. The number of hydrazine groups is 1. The highest BCUT2D eigenvalue weighted by Crippen LogP contribution is 2.37. The zero-order valence-corrected chi connectivity index (χ0v) is 21.8. The molecule has 0 saturated carbocycles. The number of anilines is 1. The van der Waals surface area contributed by atoms with Crippen molar-refractivity contribution >= 4 is 17.9 Å². The number of esters is 1. The van der Waals surface area contributed by atoms with Crippen molar-refractivity contribution in [3.8, 4) is 11.1 Å². The fourth-order valence-corrected chi connectivity index (χ4v) is 4.26. The lowest BCUT2D eigenvalue weighted by molar-refractivity contribution is 0.0600. The van der Waals surface area contributed by atoms with Gasteiger partial charge >= 0.3 is 12.1 Å². The Bertz CT molecular complexity index is 1220. The van der Waals surface area contributed by atoms with E-state index in [4.69, 9.17) is 14.2 Å².